The van der Waals surface area contributed by atoms with Crippen molar-refractivity contribution in [2.75, 3.05) is 26.0 Å². The average molecular weight is 403 g/mol. The van der Waals surface area contributed by atoms with Crippen molar-refractivity contribution < 1.29 is 4.79 Å². The van der Waals surface area contributed by atoms with Crippen LogP contribution < -0.4 is 10.9 Å². The van der Waals surface area contributed by atoms with Gasteiger partial charge in [-0.2, -0.15) is 0 Å². The molecule has 0 aliphatic rings. The first-order chi connectivity index (χ1) is 14.5. The Hall–Kier alpha value is -3.45. The van der Waals surface area contributed by atoms with E-state index in [1.54, 1.807) is 18.2 Å². The van der Waals surface area contributed by atoms with Gasteiger partial charge in [0.2, 0.25) is 5.91 Å². The molecule has 2 aromatic carbocycles. The second-order valence-electron chi connectivity index (χ2n) is 7.66. The number of benzene rings is 2. The molecular formula is C23H25N5O2. The second-order valence-corrected chi connectivity index (χ2v) is 7.66. The van der Waals surface area contributed by atoms with Crippen LogP contribution >= 0.6 is 0 Å². The summed E-state index contributed by atoms with van der Waals surface area (Å²) in [5.41, 5.74) is 2.37. The number of hydrogen-bond donors (Lipinski definition) is 2. The number of likely N-dealkylation sites (N-methyl/N-ethyl adjacent to an activating group) is 1. The lowest BCUT2D eigenvalue weighted by Gasteiger charge is -2.11. The number of amides is 1. The largest absolute Gasteiger partial charge is 0.346 e. The van der Waals surface area contributed by atoms with Crippen LogP contribution in [0.25, 0.3) is 21.8 Å². The third-order valence-corrected chi connectivity index (χ3v) is 5.09. The van der Waals surface area contributed by atoms with Crippen molar-refractivity contribution in [3.05, 3.63) is 70.9 Å². The molecule has 154 valence electrons. The summed E-state index contributed by atoms with van der Waals surface area (Å²) < 4.78 is 2.21. The van der Waals surface area contributed by atoms with E-state index >= 15 is 0 Å². The molecular weight excluding hydrogens is 378 g/mol. The number of hydrogen-bond acceptors (Lipinski definition) is 4. The molecule has 2 N–H and O–H groups in total. The first kappa shape index (κ1) is 19.8. The third-order valence-electron chi connectivity index (χ3n) is 5.09. The Morgan fingerprint density at radius 3 is 2.83 bits per heavy atom. The lowest BCUT2D eigenvalue weighted by molar-refractivity contribution is -0.116. The van der Waals surface area contributed by atoms with Gasteiger partial charge in [0.1, 0.15) is 5.82 Å². The van der Waals surface area contributed by atoms with Gasteiger partial charge in [0.15, 0.2) is 0 Å². The molecule has 0 bridgehead atoms. The molecule has 2 heterocycles. The monoisotopic (exact) mass is 403 g/mol. The molecule has 2 aromatic heterocycles. The molecule has 0 fully saturated rings. The molecule has 4 rings (SSSR count). The number of nitrogens with one attached hydrogen (secondary N) is 2. The number of nitrogens with zero attached hydrogens (tertiary/aromatic N) is 3. The predicted molar refractivity (Wildman–Crippen MR) is 120 cm³/mol. The topological polar surface area (TPSA) is 83.0 Å². The van der Waals surface area contributed by atoms with Gasteiger partial charge in [-0.1, -0.05) is 12.1 Å². The van der Waals surface area contributed by atoms with Crippen molar-refractivity contribution in [2.24, 2.45) is 0 Å². The lowest BCUT2D eigenvalue weighted by Crippen LogP contribution is -2.18. The summed E-state index contributed by atoms with van der Waals surface area (Å²) in [6.45, 7) is 1.88. The maximum absolute atomic E-state index is 12.4. The van der Waals surface area contributed by atoms with Gasteiger partial charge in [0, 0.05) is 48.7 Å². The summed E-state index contributed by atoms with van der Waals surface area (Å²) in [6.07, 6.45) is 2.68. The Bertz CT molecular complexity index is 1260. The molecule has 0 spiro atoms. The van der Waals surface area contributed by atoms with Crippen LogP contribution in [0, 0.1) is 0 Å². The van der Waals surface area contributed by atoms with Gasteiger partial charge >= 0.3 is 0 Å². The summed E-state index contributed by atoms with van der Waals surface area (Å²) >= 11 is 0. The SMILES string of the molecule is CN(C)CCn1ccc2cc(NC(=O)CCc3nc4ccccc4c(=O)[nH]3)ccc21. The number of fused-ring (bicyclic) bond motifs is 2. The third kappa shape index (κ3) is 4.41. The number of aryl methyl sites for hydroxylation is 1. The number of carbonyl (C=O) groups is 1. The van der Waals surface area contributed by atoms with Gasteiger partial charge in [0.25, 0.3) is 5.56 Å². The molecule has 30 heavy (non-hydrogen) atoms. The zero-order chi connectivity index (χ0) is 21.1. The van der Waals surface area contributed by atoms with Gasteiger partial charge in [0.05, 0.1) is 10.9 Å². The van der Waals surface area contributed by atoms with Crippen LogP contribution in [-0.4, -0.2) is 46.0 Å². The number of H-pyrrole nitrogens is 1. The maximum Gasteiger partial charge on any atom is 0.258 e. The fourth-order valence-corrected chi connectivity index (χ4v) is 3.49. The fraction of sp³-hybridized carbons (Fsp3) is 0.261. The lowest BCUT2D eigenvalue weighted by atomic mass is 10.2. The van der Waals surface area contributed by atoms with E-state index in [0.29, 0.717) is 23.1 Å². The first-order valence-electron chi connectivity index (χ1n) is 10.0. The highest BCUT2D eigenvalue weighted by atomic mass is 16.1. The number of para-hydroxylation sites is 1. The van der Waals surface area contributed by atoms with E-state index in [0.717, 1.165) is 29.7 Å². The standard InChI is InChI=1S/C23H25N5O2/c1-27(2)13-14-28-12-11-16-15-17(7-8-20(16)28)24-22(29)10-9-21-25-19-6-4-3-5-18(19)23(30)26-21/h3-8,11-12,15H,9-10,13-14H2,1-2H3,(H,24,29)(H,25,26,30). The predicted octanol–water partition coefficient (Wildman–Crippen LogP) is 3.01. The van der Waals surface area contributed by atoms with Crippen molar-refractivity contribution >= 4 is 33.4 Å². The van der Waals surface area contributed by atoms with E-state index < -0.39 is 0 Å². The average Bonchev–Trinajstić information content (AvgIpc) is 3.13. The zero-order valence-electron chi connectivity index (χ0n) is 17.2. The van der Waals surface area contributed by atoms with Crippen molar-refractivity contribution in [3.63, 3.8) is 0 Å². The number of aromatic nitrogens is 3. The summed E-state index contributed by atoms with van der Waals surface area (Å²) in [4.78, 5) is 33.9. The second kappa shape index (κ2) is 8.51. The molecule has 0 unspecified atom stereocenters. The van der Waals surface area contributed by atoms with Crippen LogP contribution in [0.15, 0.2) is 59.5 Å². The normalized spacial score (nSPS) is 11.4. The summed E-state index contributed by atoms with van der Waals surface area (Å²) in [6, 6.07) is 15.2. The quantitative estimate of drug-likeness (QED) is 0.497. The Kier molecular flexibility index (Phi) is 5.63. The van der Waals surface area contributed by atoms with Crippen LogP contribution in [0.3, 0.4) is 0 Å². The highest BCUT2D eigenvalue weighted by molar-refractivity contribution is 5.94. The highest BCUT2D eigenvalue weighted by Gasteiger charge is 2.09. The van der Waals surface area contributed by atoms with Crippen LogP contribution in [0.2, 0.25) is 0 Å². The molecule has 0 saturated heterocycles. The Morgan fingerprint density at radius 2 is 2.00 bits per heavy atom. The minimum atomic E-state index is -0.180. The summed E-state index contributed by atoms with van der Waals surface area (Å²) in [5.74, 6) is 0.402. The maximum atomic E-state index is 12.4. The number of anilines is 1. The first-order valence-corrected chi connectivity index (χ1v) is 10.0. The van der Waals surface area contributed by atoms with Gasteiger partial charge in [-0.25, -0.2) is 4.98 Å². The van der Waals surface area contributed by atoms with E-state index in [4.69, 9.17) is 0 Å². The minimum absolute atomic E-state index is 0.114. The van der Waals surface area contributed by atoms with Crippen LogP contribution in [-0.2, 0) is 17.8 Å². The molecule has 7 nitrogen and oxygen atoms in total. The van der Waals surface area contributed by atoms with Crippen molar-refractivity contribution in [2.45, 2.75) is 19.4 Å². The Balaban J connectivity index is 1.40. The zero-order valence-corrected chi connectivity index (χ0v) is 17.2. The van der Waals surface area contributed by atoms with Crippen LogP contribution in [0.5, 0.6) is 0 Å². The summed E-state index contributed by atoms with van der Waals surface area (Å²) in [5, 5.41) is 4.58. The van der Waals surface area contributed by atoms with E-state index in [1.807, 2.05) is 24.3 Å². The van der Waals surface area contributed by atoms with E-state index in [-0.39, 0.29) is 17.9 Å². The Labute approximate surface area is 174 Å². The molecule has 0 atom stereocenters. The molecule has 0 aliphatic carbocycles. The van der Waals surface area contributed by atoms with Gasteiger partial charge in [-0.15, -0.1) is 0 Å². The highest BCUT2D eigenvalue weighted by Crippen LogP contribution is 2.21. The number of aromatic amines is 1. The van der Waals surface area contributed by atoms with E-state index in [2.05, 4.69) is 51.1 Å². The molecule has 7 heteroatoms. The van der Waals surface area contributed by atoms with E-state index in [1.165, 1.54) is 0 Å². The number of rotatable bonds is 7. The smallest absolute Gasteiger partial charge is 0.258 e. The molecule has 0 radical (unpaired) electrons. The molecule has 4 aromatic rings. The summed E-state index contributed by atoms with van der Waals surface area (Å²) in [7, 11) is 4.12. The number of carbonyl (C=O) groups excluding carboxylic acids is 1. The van der Waals surface area contributed by atoms with Gasteiger partial charge in [-0.05, 0) is 50.5 Å². The van der Waals surface area contributed by atoms with Crippen LogP contribution in [0.1, 0.15) is 12.2 Å². The van der Waals surface area contributed by atoms with E-state index in [9.17, 15) is 9.59 Å². The minimum Gasteiger partial charge on any atom is -0.346 e. The molecule has 0 saturated carbocycles. The van der Waals surface area contributed by atoms with Gasteiger partial charge < -0.3 is 19.8 Å². The Morgan fingerprint density at radius 1 is 1.17 bits per heavy atom. The molecule has 1 amide bonds. The van der Waals surface area contributed by atoms with Crippen LogP contribution in [0.4, 0.5) is 5.69 Å². The van der Waals surface area contributed by atoms with Crippen molar-refractivity contribution in [1.82, 2.24) is 19.4 Å². The molecule has 0 aliphatic heterocycles. The fourth-order valence-electron chi connectivity index (χ4n) is 3.49. The van der Waals surface area contributed by atoms with Crippen molar-refractivity contribution in [3.8, 4) is 0 Å². The van der Waals surface area contributed by atoms with Gasteiger partial charge in [-0.3, -0.25) is 9.59 Å². The van der Waals surface area contributed by atoms with Crippen molar-refractivity contribution in [1.29, 1.82) is 0 Å².